The minimum Gasteiger partial charge on any atom is -0.598 e. The number of ether oxygens (including phenoxy) is 2. The Morgan fingerprint density at radius 2 is 1.73 bits per heavy atom. The van der Waals surface area contributed by atoms with Crippen LogP contribution in [0.15, 0.2) is 60.8 Å². The van der Waals surface area contributed by atoms with Gasteiger partial charge in [0.1, 0.15) is 16.4 Å². The van der Waals surface area contributed by atoms with Crippen molar-refractivity contribution in [1.29, 1.82) is 0 Å². The molecule has 3 aromatic rings. The van der Waals surface area contributed by atoms with E-state index in [0.29, 0.717) is 24.8 Å². The lowest BCUT2D eigenvalue weighted by Crippen LogP contribution is -2.41. The molecule has 9 heteroatoms. The fraction of sp³-hybridized carbons (Fsp3) is 0.429. The molecule has 0 radical (unpaired) electrons. The number of benzene rings is 2. The standard InChI is InChI=1S/C28H37N3O4S2/c1-27(2,3)35-26(32)30-25-29-18-23(36-25)24(31-37(33)28(4,5)6)22-15-11-10-14-21(22)16-17-34-19-20-12-8-7-9-13-20/h7-15,18,24,31H,16-17,19H2,1-6H3,(H,29,30,32)/t24?,37-/m1/s1. The summed E-state index contributed by atoms with van der Waals surface area (Å²) in [5.41, 5.74) is 2.61. The molecular formula is C28H37N3O4S2. The highest BCUT2D eigenvalue weighted by Crippen LogP contribution is 2.33. The van der Waals surface area contributed by atoms with E-state index < -0.39 is 27.8 Å². The molecule has 2 atom stereocenters. The van der Waals surface area contributed by atoms with Gasteiger partial charge in [0.15, 0.2) is 5.13 Å². The molecule has 0 aliphatic rings. The first-order valence-corrected chi connectivity index (χ1v) is 14.2. The van der Waals surface area contributed by atoms with Crippen molar-refractivity contribution in [2.45, 2.75) is 71.0 Å². The number of carbonyl (C=O) groups is 1. The quantitative estimate of drug-likeness (QED) is 0.227. The van der Waals surface area contributed by atoms with Crippen LogP contribution in [-0.4, -0.2) is 32.6 Å². The van der Waals surface area contributed by atoms with Gasteiger partial charge in [0.25, 0.3) is 0 Å². The summed E-state index contributed by atoms with van der Waals surface area (Å²) in [5, 5.41) is 3.12. The maximum Gasteiger partial charge on any atom is 0.413 e. The Kier molecular flexibility index (Phi) is 10.1. The molecule has 1 amide bonds. The number of anilines is 1. The molecule has 1 aromatic heterocycles. The number of nitrogens with zero attached hydrogens (tertiary/aromatic N) is 1. The zero-order chi connectivity index (χ0) is 27.1. The third kappa shape index (κ3) is 9.43. The summed E-state index contributed by atoms with van der Waals surface area (Å²) >= 11 is -0.0123. The SMILES string of the molecule is CC(C)(C)OC(=O)Nc1ncc(C(N[S@+]([O-])C(C)(C)C)c2ccccc2CCOCc2ccccc2)s1. The number of hydrogen-bond donors (Lipinski definition) is 2. The maximum absolute atomic E-state index is 13.2. The minimum absolute atomic E-state index is 0.378. The summed E-state index contributed by atoms with van der Waals surface area (Å²) < 4.78 is 27.3. The fourth-order valence-corrected chi connectivity index (χ4v) is 5.19. The van der Waals surface area contributed by atoms with Gasteiger partial charge in [0, 0.05) is 17.6 Å². The Balaban J connectivity index is 1.80. The van der Waals surface area contributed by atoms with Crippen molar-refractivity contribution < 1.29 is 18.8 Å². The third-order valence-corrected chi connectivity index (χ3v) is 7.73. The highest BCUT2D eigenvalue weighted by Gasteiger charge is 2.32. The predicted octanol–water partition coefficient (Wildman–Crippen LogP) is 6.39. The Labute approximate surface area is 227 Å². The summed E-state index contributed by atoms with van der Waals surface area (Å²) in [5.74, 6) is 0. The summed E-state index contributed by atoms with van der Waals surface area (Å²) in [7, 11) is 0. The zero-order valence-electron chi connectivity index (χ0n) is 22.4. The summed E-state index contributed by atoms with van der Waals surface area (Å²) in [4.78, 5) is 17.5. The van der Waals surface area contributed by atoms with E-state index in [9.17, 15) is 9.35 Å². The van der Waals surface area contributed by atoms with Gasteiger partial charge >= 0.3 is 6.09 Å². The van der Waals surface area contributed by atoms with Crippen molar-refractivity contribution in [2.24, 2.45) is 0 Å². The number of aromatic nitrogens is 1. The number of carbonyl (C=O) groups excluding carboxylic acids is 1. The second-order valence-corrected chi connectivity index (χ2v) is 13.7. The molecule has 7 nitrogen and oxygen atoms in total. The van der Waals surface area contributed by atoms with Gasteiger partial charge in [-0.05, 0) is 64.7 Å². The van der Waals surface area contributed by atoms with Crippen LogP contribution in [0.3, 0.4) is 0 Å². The number of nitrogens with one attached hydrogen (secondary N) is 2. The van der Waals surface area contributed by atoms with Crippen LogP contribution in [0.1, 0.15) is 69.2 Å². The largest absolute Gasteiger partial charge is 0.598 e. The third-order valence-electron chi connectivity index (χ3n) is 5.19. The molecular weight excluding hydrogens is 506 g/mol. The smallest absolute Gasteiger partial charge is 0.413 e. The van der Waals surface area contributed by atoms with Gasteiger partial charge in [-0.2, -0.15) is 0 Å². The van der Waals surface area contributed by atoms with E-state index in [1.165, 1.54) is 11.3 Å². The molecule has 200 valence electrons. The van der Waals surface area contributed by atoms with Crippen LogP contribution in [0.25, 0.3) is 0 Å². The summed E-state index contributed by atoms with van der Waals surface area (Å²) in [6, 6.07) is 17.8. The van der Waals surface area contributed by atoms with Gasteiger partial charge < -0.3 is 14.0 Å². The first-order valence-electron chi connectivity index (χ1n) is 12.3. The van der Waals surface area contributed by atoms with Crippen molar-refractivity contribution in [3.05, 3.63) is 82.4 Å². The predicted molar refractivity (Wildman–Crippen MR) is 151 cm³/mol. The lowest BCUT2D eigenvalue weighted by atomic mass is 9.98. The van der Waals surface area contributed by atoms with E-state index in [-0.39, 0.29) is 6.04 Å². The molecule has 0 spiro atoms. The van der Waals surface area contributed by atoms with Crippen LogP contribution in [0.4, 0.5) is 9.93 Å². The van der Waals surface area contributed by atoms with Crippen LogP contribution >= 0.6 is 11.3 Å². The van der Waals surface area contributed by atoms with Gasteiger partial charge in [-0.3, -0.25) is 5.32 Å². The fourth-order valence-electron chi connectivity index (χ4n) is 3.42. The normalized spacial score (nSPS) is 13.7. The van der Waals surface area contributed by atoms with Crippen molar-refractivity contribution in [1.82, 2.24) is 9.71 Å². The maximum atomic E-state index is 13.2. The summed E-state index contributed by atoms with van der Waals surface area (Å²) in [6.07, 6.45) is 1.84. The average molecular weight is 544 g/mol. The van der Waals surface area contributed by atoms with Crippen molar-refractivity contribution >= 4 is 33.9 Å². The van der Waals surface area contributed by atoms with Gasteiger partial charge in [0.05, 0.1) is 18.1 Å². The number of hydrogen-bond acceptors (Lipinski definition) is 7. The molecule has 3 rings (SSSR count). The molecule has 37 heavy (non-hydrogen) atoms. The Hall–Kier alpha value is -2.43. The first kappa shape index (κ1) is 29.1. The van der Waals surface area contributed by atoms with Crippen LogP contribution in [-0.2, 0) is 33.9 Å². The molecule has 2 aromatic carbocycles. The highest BCUT2D eigenvalue weighted by atomic mass is 32.2. The lowest BCUT2D eigenvalue weighted by Gasteiger charge is -2.28. The number of rotatable bonds is 10. The summed E-state index contributed by atoms with van der Waals surface area (Å²) in [6.45, 7) is 12.3. The molecule has 1 unspecified atom stereocenters. The molecule has 0 saturated heterocycles. The number of thiazole rings is 1. The Morgan fingerprint density at radius 3 is 2.41 bits per heavy atom. The van der Waals surface area contributed by atoms with E-state index in [2.05, 4.69) is 21.1 Å². The van der Waals surface area contributed by atoms with Crippen LogP contribution < -0.4 is 10.0 Å². The zero-order valence-corrected chi connectivity index (χ0v) is 24.0. The second-order valence-electron chi connectivity index (χ2n) is 10.6. The Bertz CT molecular complexity index is 1140. The Morgan fingerprint density at radius 1 is 1.05 bits per heavy atom. The molecule has 0 aliphatic carbocycles. The van der Waals surface area contributed by atoms with Crippen molar-refractivity contribution in [2.75, 3.05) is 11.9 Å². The molecule has 0 aliphatic heterocycles. The van der Waals surface area contributed by atoms with Crippen molar-refractivity contribution in [3.63, 3.8) is 0 Å². The van der Waals surface area contributed by atoms with E-state index in [0.717, 1.165) is 21.6 Å². The highest BCUT2D eigenvalue weighted by molar-refractivity contribution is 7.90. The van der Waals surface area contributed by atoms with Crippen LogP contribution in [0.5, 0.6) is 0 Å². The van der Waals surface area contributed by atoms with E-state index in [1.54, 1.807) is 6.20 Å². The van der Waals surface area contributed by atoms with Gasteiger partial charge in [0.2, 0.25) is 0 Å². The van der Waals surface area contributed by atoms with Crippen LogP contribution in [0.2, 0.25) is 0 Å². The molecule has 1 heterocycles. The van der Waals surface area contributed by atoms with Crippen LogP contribution in [0, 0.1) is 0 Å². The minimum atomic E-state index is -1.34. The van der Waals surface area contributed by atoms with Gasteiger partial charge in [-0.1, -0.05) is 65.9 Å². The monoisotopic (exact) mass is 543 g/mol. The molecule has 0 bridgehead atoms. The van der Waals surface area contributed by atoms with Gasteiger partial charge in [-0.25, -0.2) is 9.78 Å². The lowest BCUT2D eigenvalue weighted by molar-refractivity contribution is 0.0636. The molecule has 2 N–H and O–H groups in total. The van der Waals surface area contributed by atoms with E-state index in [4.69, 9.17) is 9.47 Å². The molecule has 0 fully saturated rings. The average Bonchev–Trinajstić information content (AvgIpc) is 3.27. The molecule has 0 saturated carbocycles. The first-order chi connectivity index (χ1) is 17.4. The van der Waals surface area contributed by atoms with E-state index in [1.807, 2.05) is 90.1 Å². The van der Waals surface area contributed by atoms with Crippen molar-refractivity contribution in [3.8, 4) is 0 Å². The topological polar surface area (TPSA) is 95.5 Å². The second kappa shape index (κ2) is 12.9. The number of amides is 1. The van der Waals surface area contributed by atoms with E-state index >= 15 is 0 Å². The van der Waals surface area contributed by atoms with Gasteiger partial charge in [-0.15, -0.1) is 4.72 Å².